The first-order valence-electron chi connectivity index (χ1n) is 6.65. The van der Waals surface area contributed by atoms with Gasteiger partial charge in [0.2, 0.25) is 0 Å². The van der Waals surface area contributed by atoms with Gasteiger partial charge in [-0.25, -0.2) is 4.39 Å². The second-order valence-electron chi connectivity index (χ2n) is 5.15. The number of aryl methyl sites for hydroxylation is 1. The molecule has 0 aliphatic rings. The molecule has 100 valence electrons. The molecule has 0 unspecified atom stereocenters. The lowest BCUT2D eigenvalue weighted by Crippen LogP contribution is -2.22. The first kappa shape index (κ1) is 13.8. The molecule has 0 bridgehead atoms. The Hall–Kier alpha value is -1.67. The Balaban J connectivity index is 2.41. The minimum atomic E-state index is -0.188. The van der Waals surface area contributed by atoms with Gasteiger partial charge in [0.25, 0.3) is 0 Å². The van der Waals surface area contributed by atoms with E-state index in [1.54, 1.807) is 6.07 Å². The summed E-state index contributed by atoms with van der Waals surface area (Å²) in [5.74, 6) is -0.188. The minimum Gasteiger partial charge on any atom is -0.310 e. The van der Waals surface area contributed by atoms with Crippen LogP contribution in [0.3, 0.4) is 0 Å². The summed E-state index contributed by atoms with van der Waals surface area (Å²) in [7, 11) is 0. The maximum atomic E-state index is 13.5. The second-order valence-corrected chi connectivity index (χ2v) is 5.15. The molecule has 0 aromatic heterocycles. The van der Waals surface area contributed by atoms with Crippen LogP contribution in [0, 0.1) is 12.7 Å². The van der Waals surface area contributed by atoms with Crippen molar-refractivity contribution in [2.24, 2.45) is 0 Å². The topological polar surface area (TPSA) is 12.0 Å². The normalized spacial score (nSPS) is 11.0. The highest BCUT2D eigenvalue weighted by molar-refractivity contribution is 5.70. The third-order valence-electron chi connectivity index (χ3n) is 3.21. The zero-order valence-electron chi connectivity index (χ0n) is 11.7. The van der Waals surface area contributed by atoms with E-state index in [9.17, 15) is 4.39 Å². The summed E-state index contributed by atoms with van der Waals surface area (Å²) >= 11 is 0. The van der Waals surface area contributed by atoms with Crippen molar-refractivity contribution >= 4 is 0 Å². The average Bonchev–Trinajstić information content (AvgIpc) is 2.39. The van der Waals surface area contributed by atoms with Gasteiger partial charge in [0.05, 0.1) is 0 Å². The summed E-state index contributed by atoms with van der Waals surface area (Å²) in [6.45, 7) is 7.05. The fraction of sp³-hybridized carbons (Fsp3) is 0.294. The standard InChI is InChI=1S/C17H20FN/c1-12(2)19-11-14-6-4-5-7-16(14)17-10-15(18)9-8-13(17)3/h4-10,12,19H,11H2,1-3H3. The highest BCUT2D eigenvalue weighted by atomic mass is 19.1. The summed E-state index contributed by atoms with van der Waals surface area (Å²) in [5.41, 5.74) is 4.37. The van der Waals surface area contributed by atoms with Gasteiger partial charge < -0.3 is 5.32 Å². The van der Waals surface area contributed by atoms with Gasteiger partial charge >= 0.3 is 0 Å². The lowest BCUT2D eigenvalue weighted by molar-refractivity contribution is 0.589. The summed E-state index contributed by atoms with van der Waals surface area (Å²) in [5, 5.41) is 3.41. The molecule has 0 fully saturated rings. The van der Waals surface area contributed by atoms with E-state index in [-0.39, 0.29) is 5.82 Å². The first-order chi connectivity index (χ1) is 9.08. The van der Waals surface area contributed by atoms with E-state index in [4.69, 9.17) is 0 Å². The lowest BCUT2D eigenvalue weighted by atomic mass is 9.96. The van der Waals surface area contributed by atoms with Crippen LogP contribution in [0.2, 0.25) is 0 Å². The summed E-state index contributed by atoms with van der Waals surface area (Å²) < 4.78 is 13.5. The van der Waals surface area contributed by atoms with Crippen molar-refractivity contribution in [1.82, 2.24) is 5.32 Å². The van der Waals surface area contributed by atoms with E-state index in [1.165, 1.54) is 11.6 Å². The predicted molar refractivity (Wildman–Crippen MR) is 78.5 cm³/mol. The van der Waals surface area contributed by atoms with Crippen LogP contribution in [-0.2, 0) is 6.54 Å². The van der Waals surface area contributed by atoms with Gasteiger partial charge in [-0.15, -0.1) is 0 Å². The van der Waals surface area contributed by atoms with E-state index in [1.807, 2.05) is 25.1 Å². The number of hydrogen-bond acceptors (Lipinski definition) is 1. The third-order valence-corrected chi connectivity index (χ3v) is 3.21. The number of rotatable bonds is 4. The molecule has 1 nitrogen and oxygen atoms in total. The zero-order valence-corrected chi connectivity index (χ0v) is 11.7. The average molecular weight is 257 g/mol. The van der Waals surface area contributed by atoms with E-state index in [0.29, 0.717) is 6.04 Å². The molecule has 0 saturated carbocycles. The monoisotopic (exact) mass is 257 g/mol. The first-order valence-corrected chi connectivity index (χ1v) is 6.65. The Morgan fingerprint density at radius 1 is 1.05 bits per heavy atom. The van der Waals surface area contributed by atoms with Crippen LogP contribution in [0.15, 0.2) is 42.5 Å². The summed E-state index contributed by atoms with van der Waals surface area (Å²) in [4.78, 5) is 0. The Morgan fingerprint density at radius 2 is 1.79 bits per heavy atom. The van der Waals surface area contributed by atoms with E-state index in [2.05, 4.69) is 31.3 Å². The van der Waals surface area contributed by atoms with Gasteiger partial charge in [-0.1, -0.05) is 44.2 Å². The number of nitrogens with one attached hydrogen (secondary N) is 1. The van der Waals surface area contributed by atoms with Gasteiger partial charge in [-0.2, -0.15) is 0 Å². The molecule has 0 amide bonds. The predicted octanol–water partition coefficient (Wildman–Crippen LogP) is 4.30. The Morgan fingerprint density at radius 3 is 2.53 bits per heavy atom. The Kier molecular flexibility index (Phi) is 4.33. The molecule has 2 heteroatoms. The smallest absolute Gasteiger partial charge is 0.123 e. The van der Waals surface area contributed by atoms with E-state index < -0.39 is 0 Å². The van der Waals surface area contributed by atoms with Gasteiger partial charge in [-0.05, 0) is 41.3 Å². The van der Waals surface area contributed by atoms with Gasteiger partial charge in [0.15, 0.2) is 0 Å². The van der Waals surface area contributed by atoms with Crippen LogP contribution < -0.4 is 5.32 Å². The van der Waals surface area contributed by atoms with Crippen LogP contribution in [0.1, 0.15) is 25.0 Å². The van der Waals surface area contributed by atoms with Crippen molar-refractivity contribution in [3.8, 4) is 11.1 Å². The van der Waals surface area contributed by atoms with Crippen molar-refractivity contribution in [3.63, 3.8) is 0 Å². The van der Waals surface area contributed by atoms with Crippen molar-refractivity contribution in [2.75, 3.05) is 0 Å². The SMILES string of the molecule is Cc1ccc(F)cc1-c1ccccc1CNC(C)C. The molecule has 0 aliphatic heterocycles. The Bertz CT molecular complexity index is 561. The quantitative estimate of drug-likeness (QED) is 0.861. The van der Waals surface area contributed by atoms with Crippen molar-refractivity contribution in [3.05, 3.63) is 59.4 Å². The maximum Gasteiger partial charge on any atom is 0.123 e. The van der Waals surface area contributed by atoms with Crippen LogP contribution in [0.4, 0.5) is 4.39 Å². The highest BCUT2D eigenvalue weighted by Gasteiger charge is 2.08. The van der Waals surface area contributed by atoms with Gasteiger partial charge in [0.1, 0.15) is 5.82 Å². The molecule has 0 radical (unpaired) electrons. The molecular formula is C17H20FN. The largest absolute Gasteiger partial charge is 0.310 e. The molecular weight excluding hydrogens is 237 g/mol. The molecule has 19 heavy (non-hydrogen) atoms. The second kappa shape index (κ2) is 5.98. The minimum absolute atomic E-state index is 0.188. The lowest BCUT2D eigenvalue weighted by Gasteiger charge is -2.14. The molecule has 0 saturated heterocycles. The van der Waals surface area contributed by atoms with Crippen LogP contribution >= 0.6 is 0 Å². The van der Waals surface area contributed by atoms with Gasteiger partial charge in [0, 0.05) is 12.6 Å². The number of benzene rings is 2. The van der Waals surface area contributed by atoms with Crippen molar-refractivity contribution in [2.45, 2.75) is 33.4 Å². The van der Waals surface area contributed by atoms with Crippen LogP contribution in [0.5, 0.6) is 0 Å². The molecule has 2 aromatic carbocycles. The van der Waals surface area contributed by atoms with Crippen LogP contribution in [-0.4, -0.2) is 6.04 Å². The molecule has 0 aliphatic carbocycles. The zero-order chi connectivity index (χ0) is 13.8. The molecule has 0 atom stereocenters. The third kappa shape index (κ3) is 3.42. The Labute approximate surface area is 114 Å². The van der Waals surface area contributed by atoms with Gasteiger partial charge in [-0.3, -0.25) is 0 Å². The molecule has 0 spiro atoms. The summed E-state index contributed by atoms with van der Waals surface area (Å²) in [6.07, 6.45) is 0. The van der Waals surface area contributed by atoms with E-state index >= 15 is 0 Å². The van der Waals surface area contributed by atoms with Crippen LogP contribution in [0.25, 0.3) is 11.1 Å². The van der Waals surface area contributed by atoms with Crippen molar-refractivity contribution in [1.29, 1.82) is 0 Å². The highest BCUT2D eigenvalue weighted by Crippen LogP contribution is 2.27. The summed E-state index contributed by atoms with van der Waals surface area (Å²) in [6, 6.07) is 13.6. The fourth-order valence-corrected chi connectivity index (χ4v) is 2.14. The van der Waals surface area contributed by atoms with E-state index in [0.717, 1.165) is 23.2 Å². The fourth-order valence-electron chi connectivity index (χ4n) is 2.14. The molecule has 2 aromatic rings. The number of hydrogen-bond donors (Lipinski definition) is 1. The maximum absolute atomic E-state index is 13.5. The molecule has 1 N–H and O–H groups in total. The molecule has 2 rings (SSSR count). The molecule has 0 heterocycles. The number of halogens is 1. The van der Waals surface area contributed by atoms with Crippen molar-refractivity contribution < 1.29 is 4.39 Å².